The molecule has 5 atom stereocenters. The fourth-order valence-corrected chi connectivity index (χ4v) is 5.61. The number of benzene rings is 2. The molecular formula is C36H44N2O10. The van der Waals surface area contributed by atoms with Gasteiger partial charge >= 0.3 is 23.9 Å². The standard InChI is InChI=1S/C34H38N2O10.C2H6/c1-18(2)31(38)42-14-16-45-34(41)29-27(26-20(4)19(3)21(5)32(39)43-15-17-44-33(40)28(26)29)30(37)36-23-8-12-25(13-9-23)46-24-10-6-22(35)7-11-24;1-2/h6-13,20,26-29H,1,14-17,35H2,2-5H3,(H,36,37);1-2H3/b21-19-;. The Bertz CT molecular complexity index is 1530. The van der Waals surface area contributed by atoms with E-state index >= 15 is 0 Å². The summed E-state index contributed by atoms with van der Waals surface area (Å²) in [6.45, 7) is 13.2. The van der Waals surface area contributed by atoms with E-state index in [1.807, 2.05) is 13.8 Å². The van der Waals surface area contributed by atoms with Gasteiger partial charge in [-0.2, -0.15) is 0 Å². The van der Waals surface area contributed by atoms with Gasteiger partial charge in [-0.15, -0.1) is 0 Å². The maximum Gasteiger partial charge on any atom is 0.333 e. The largest absolute Gasteiger partial charge is 0.462 e. The molecule has 1 amide bonds. The molecule has 48 heavy (non-hydrogen) atoms. The van der Waals surface area contributed by atoms with E-state index in [1.54, 1.807) is 69.3 Å². The first-order chi connectivity index (χ1) is 22.9. The highest BCUT2D eigenvalue weighted by Gasteiger charge is 2.63. The lowest BCUT2D eigenvalue weighted by Crippen LogP contribution is -2.61. The number of nitrogens with two attached hydrogens (primary N) is 1. The fraction of sp³-hybridized carbons (Fsp3) is 0.417. The summed E-state index contributed by atoms with van der Waals surface area (Å²) in [4.78, 5) is 65.0. The third-order valence-corrected chi connectivity index (χ3v) is 8.32. The second-order valence-electron chi connectivity index (χ2n) is 11.3. The summed E-state index contributed by atoms with van der Waals surface area (Å²) in [6.07, 6.45) is 0. The monoisotopic (exact) mass is 664 g/mol. The molecule has 12 heteroatoms. The number of carbonyl (C=O) groups excluding carboxylic acids is 5. The van der Waals surface area contributed by atoms with Crippen LogP contribution in [0.2, 0.25) is 0 Å². The Hall–Kier alpha value is -5.13. The van der Waals surface area contributed by atoms with Gasteiger partial charge in [0.15, 0.2) is 0 Å². The molecule has 1 heterocycles. The van der Waals surface area contributed by atoms with Crippen molar-refractivity contribution in [2.24, 2.45) is 29.6 Å². The highest BCUT2D eigenvalue weighted by Crippen LogP contribution is 2.53. The highest BCUT2D eigenvalue weighted by atomic mass is 16.6. The minimum Gasteiger partial charge on any atom is -0.462 e. The van der Waals surface area contributed by atoms with Crippen molar-refractivity contribution in [2.75, 3.05) is 37.5 Å². The van der Waals surface area contributed by atoms with E-state index in [-0.39, 0.29) is 32.0 Å². The quantitative estimate of drug-likeness (QED) is 0.118. The van der Waals surface area contributed by atoms with Gasteiger partial charge < -0.3 is 34.7 Å². The highest BCUT2D eigenvalue weighted by molar-refractivity contribution is 5.99. The fourth-order valence-electron chi connectivity index (χ4n) is 5.61. The molecule has 1 aliphatic carbocycles. The molecule has 0 saturated heterocycles. The van der Waals surface area contributed by atoms with E-state index in [4.69, 9.17) is 29.4 Å². The van der Waals surface area contributed by atoms with Crippen LogP contribution >= 0.6 is 0 Å². The third-order valence-electron chi connectivity index (χ3n) is 8.32. The Morgan fingerprint density at radius 3 is 2.06 bits per heavy atom. The summed E-state index contributed by atoms with van der Waals surface area (Å²) in [5.41, 5.74) is 7.91. The molecule has 3 N–H and O–H groups in total. The number of anilines is 2. The van der Waals surface area contributed by atoms with E-state index < -0.39 is 59.4 Å². The summed E-state index contributed by atoms with van der Waals surface area (Å²) >= 11 is 0. The molecule has 2 aromatic rings. The van der Waals surface area contributed by atoms with Gasteiger partial charge in [0.1, 0.15) is 37.9 Å². The van der Waals surface area contributed by atoms with Crippen LogP contribution in [0.25, 0.3) is 0 Å². The molecule has 2 aromatic carbocycles. The lowest BCUT2D eigenvalue weighted by Gasteiger charge is -2.50. The first-order valence-electron chi connectivity index (χ1n) is 15.8. The van der Waals surface area contributed by atoms with Crippen molar-refractivity contribution in [3.8, 4) is 11.5 Å². The molecule has 1 fully saturated rings. The summed E-state index contributed by atoms with van der Waals surface area (Å²) in [5, 5.41) is 2.84. The van der Waals surface area contributed by atoms with Gasteiger partial charge in [0.05, 0.1) is 17.8 Å². The van der Waals surface area contributed by atoms with Crippen LogP contribution in [0.5, 0.6) is 11.5 Å². The second kappa shape index (κ2) is 17.1. The van der Waals surface area contributed by atoms with E-state index in [0.29, 0.717) is 34.0 Å². The van der Waals surface area contributed by atoms with Gasteiger partial charge in [0, 0.05) is 22.5 Å². The van der Waals surface area contributed by atoms with E-state index in [2.05, 4.69) is 11.9 Å². The minimum atomic E-state index is -1.20. The molecule has 2 aliphatic rings. The lowest BCUT2D eigenvalue weighted by atomic mass is 9.51. The predicted molar refractivity (Wildman–Crippen MR) is 177 cm³/mol. The first kappa shape index (κ1) is 37.3. The minimum absolute atomic E-state index is 0.161. The summed E-state index contributed by atoms with van der Waals surface area (Å²) < 4.78 is 26.8. The number of ether oxygens (including phenoxy) is 5. The number of amides is 1. The Balaban J connectivity index is 0.00000307. The normalized spacial score (nSPS) is 23.6. The smallest absolute Gasteiger partial charge is 0.333 e. The van der Waals surface area contributed by atoms with Crippen LogP contribution in [-0.4, -0.2) is 56.2 Å². The summed E-state index contributed by atoms with van der Waals surface area (Å²) in [6, 6.07) is 13.5. The number of rotatable bonds is 9. The van der Waals surface area contributed by atoms with Gasteiger partial charge in [-0.05, 0) is 81.1 Å². The molecule has 258 valence electrons. The number of hydrogen-bond donors (Lipinski definition) is 2. The molecule has 1 aliphatic heterocycles. The molecular weight excluding hydrogens is 620 g/mol. The van der Waals surface area contributed by atoms with Crippen molar-refractivity contribution in [3.05, 3.63) is 71.8 Å². The third kappa shape index (κ3) is 9.02. The molecule has 0 bridgehead atoms. The number of carbonyl (C=O) groups is 5. The van der Waals surface area contributed by atoms with E-state index in [0.717, 1.165) is 0 Å². The summed E-state index contributed by atoms with van der Waals surface area (Å²) in [7, 11) is 0. The Labute approximate surface area is 280 Å². The van der Waals surface area contributed by atoms with E-state index in [9.17, 15) is 24.0 Å². The molecule has 0 aromatic heterocycles. The van der Waals surface area contributed by atoms with Gasteiger partial charge in [-0.25, -0.2) is 9.59 Å². The number of esters is 4. The molecule has 12 nitrogen and oxygen atoms in total. The lowest BCUT2D eigenvalue weighted by molar-refractivity contribution is -0.187. The maximum atomic E-state index is 13.9. The number of hydrogen-bond acceptors (Lipinski definition) is 11. The molecule has 5 unspecified atom stereocenters. The molecule has 4 rings (SSSR count). The van der Waals surface area contributed by atoms with Crippen LogP contribution in [0.1, 0.15) is 41.5 Å². The zero-order valence-electron chi connectivity index (χ0n) is 28.2. The average molecular weight is 665 g/mol. The number of allylic oxidation sites excluding steroid dienone is 1. The van der Waals surface area contributed by atoms with Crippen molar-refractivity contribution in [3.63, 3.8) is 0 Å². The Kier molecular flexibility index (Phi) is 13.3. The van der Waals surface area contributed by atoms with Crippen LogP contribution in [0.15, 0.2) is 71.8 Å². The number of nitrogens with one attached hydrogen (secondary N) is 1. The molecule has 0 radical (unpaired) electrons. The van der Waals surface area contributed by atoms with Crippen LogP contribution in [-0.2, 0) is 42.9 Å². The van der Waals surface area contributed by atoms with Crippen LogP contribution in [0, 0.1) is 29.6 Å². The molecule has 0 spiro atoms. The van der Waals surface area contributed by atoms with Gasteiger partial charge in [-0.1, -0.05) is 32.9 Å². The topological polar surface area (TPSA) is 170 Å². The van der Waals surface area contributed by atoms with Crippen molar-refractivity contribution in [1.29, 1.82) is 0 Å². The predicted octanol–water partition coefficient (Wildman–Crippen LogP) is 5.24. The van der Waals surface area contributed by atoms with Crippen LogP contribution in [0.4, 0.5) is 11.4 Å². The van der Waals surface area contributed by atoms with Crippen LogP contribution < -0.4 is 15.8 Å². The number of cyclic esters (lactones) is 2. The second-order valence-corrected chi connectivity index (χ2v) is 11.3. The zero-order valence-corrected chi connectivity index (χ0v) is 28.2. The average Bonchev–Trinajstić information content (AvgIpc) is 3.06. The first-order valence-corrected chi connectivity index (χ1v) is 15.8. The SMILES string of the molecule is C=C(C)C(=O)OCCOC(=O)C1C(C(=O)Nc2ccc(Oc3ccc(N)cc3)cc2)C2C(C)/C(C)=C(/C)C(=O)OCCOC(=O)C12.CC. The summed E-state index contributed by atoms with van der Waals surface area (Å²) in [5.74, 6) is -6.60. The number of fused-ring (bicyclic) bond motifs is 1. The van der Waals surface area contributed by atoms with E-state index in [1.165, 1.54) is 6.92 Å². The van der Waals surface area contributed by atoms with Gasteiger partial charge in [0.2, 0.25) is 5.91 Å². The van der Waals surface area contributed by atoms with Gasteiger partial charge in [0.25, 0.3) is 0 Å². The Morgan fingerprint density at radius 2 is 1.46 bits per heavy atom. The Morgan fingerprint density at radius 1 is 0.896 bits per heavy atom. The van der Waals surface area contributed by atoms with Crippen molar-refractivity contribution < 1.29 is 47.7 Å². The zero-order chi connectivity index (χ0) is 35.5. The molecule has 1 saturated carbocycles. The van der Waals surface area contributed by atoms with Crippen molar-refractivity contribution in [2.45, 2.75) is 41.5 Å². The van der Waals surface area contributed by atoms with Gasteiger partial charge in [-0.3, -0.25) is 14.4 Å². The number of nitrogen functional groups attached to an aromatic ring is 1. The maximum absolute atomic E-state index is 13.9. The van der Waals surface area contributed by atoms with Crippen molar-refractivity contribution >= 4 is 41.2 Å². The van der Waals surface area contributed by atoms with Crippen molar-refractivity contribution in [1.82, 2.24) is 0 Å². The van der Waals surface area contributed by atoms with Crippen LogP contribution in [0.3, 0.4) is 0 Å².